The van der Waals surface area contributed by atoms with Crippen molar-refractivity contribution in [3.05, 3.63) is 66.3 Å². The van der Waals surface area contributed by atoms with Gasteiger partial charge in [0.15, 0.2) is 27.3 Å². The number of nitrogens with zero attached hydrogens (tertiary/aromatic N) is 6. The minimum Gasteiger partial charge on any atom is -0.494 e. The first kappa shape index (κ1) is 26.9. The molecule has 0 unspecified atom stereocenters. The van der Waals surface area contributed by atoms with Crippen LogP contribution in [0.1, 0.15) is 25.5 Å². The van der Waals surface area contributed by atoms with Gasteiger partial charge in [0, 0.05) is 12.5 Å². The Balaban J connectivity index is 1.81. The van der Waals surface area contributed by atoms with Crippen molar-refractivity contribution in [2.45, 2.75) is 31.3 Å². The van der Waals surface area contributed by atoms with Gasteiger partial charge in [0.1, 0.15) is 34.5 Å². The molecule has 13 heteroatoms. The zero-order valence-electron chi connectivity index (χ0n) is 21.3. The third-order valence-electron chi connectivity index (χ3n) is 5.69. The molecule has 4 aromatic rings. The number of hydrogen-bond donors (Lipinski definition) is 0. The van der Waals surface area contributed by atoms with Crippen molar-refractivity contribution in [1.82, 2.24) is 29.7 Å². The summed E-state index contributed by atoms with van der Waals surface area (Å²) in [6.45, 7) is 3.81. The highest BCUT2D eigenvalue weighted by Gasteiger charge is 2.29. The van der Waals surface area contributed by atoms with Crippen molar-refractivity contribution in [2.75, 3.05) is 20.8 Å². The van der Waals surface area contributed by atoms with Gasteiger partial charge in [0.2, 0.25) is 5.88 Å². The van der Waals surface area contributed by atoms with Gasteiger partial charge in [-0.1, -0.05) is 12.1 Å². The summed E-state index contributed by atoms with van der Waals surface area (Å²) in [5, 5.41) is 7.66. The lowest BCUT2D eigenvalue weighted by Gasteiger charge is -2.18. The highest BCUT2D eigenvalue weighted by Crippen LogP contribution is 2.36. The van der Waals surface area contributed by atoms with Gasteiger partial charge in [0.05, 0.1) is 38.5 Å². The Bertz CT molecular complexity index is 1490. The molecule has 0 aliphatic carbocycles. The van der Waals surface area contributed by atoms with Crippen LogP contribution in [-0.4, -0.2) is 64.2 Å². The van der Waals surface area contributed by atoms with Crippen molar-refractivity contribution in [3.8, 4) is 34.6 Å². The van der Waals surface area contributed by atoms with Crippen LogP contribution in [0.2, 0.25) is 0 Å². The summed E-state index contributed by atoms with van der Waals surface area (Å²) in [7, 11) is -0.806. The smallest absolute Gasteiger partial charge is 0.213 e. The molecule has 200 valence electrons. The summed E-state index contributed by atoms with van der Waals surface area (Å²) < 4.78 is 58.3. The van der Waals surface area contributed by atoms with Gasteiger partial charge in [-0.15, -0.1) is 10.2 Å². The molecular formula is C25H27FN6O5S. The Morgan fingerprint density at radius 2 is 1.66 bits per heavy atom. The van der Waals surface area contributed by atoms with Crippen LogP contribution in [0.3, 0.4) is 0 Å². The Morgan fingerprint density at radius 3 is 2.29 bits per heavy atom. The van der Waals surface area contributed by atoms with E-state index in [0.29, 0.717) is 35.4 Å². The van der Waals surface area contributed by atoms with Crippen LogP contribution in [0.25, 0.3) is 17.2 Å². The monoisotopic (exact) mass is 542 g/mol. The van der Waals surface area contributed by atoms with Crippen LogP contribution in [0, 0.1) is 5.82 Å². The van der Waals surface area contributed by atoms with E-state index < -0.39 is 26.7 Å². The van der Waals surface area contributed by atoms with Gasteiger partial charge in [-0.05, 0) is 32.0 Å². The van der Waals surface area contributed by atoms with E-state index in [2.05, 4.69) is 25.1 Å². The molecule has 0 saturated carbocycles. The molecule has 1 aromatic carbocycles. The maximum atomic E-state index is 13.4. The second-order valence-corrected chi connectivity index (χ2v) is 10.6. The second kappa shape index (κ2) is 11.5. The van der Waals surface area contributed by atoms with Gasteiger partial charge in [-0.3, -0.25) is 4.57 Å². The summed E-state index contributed by atoms with van der Waals surface area (Å²) in [5.74, 6) is 0.761. The van der Waals surface area contributed by atoms with Crippen LogP contribution in [-0.2, 0) is 22.0 Å². The van der Waals surface area contributed by atoms with E-state index in [9.17, 15) is 12.8 Å². The van der Waals surface area contributed by atoms with Crippen LogP contribution in [0.4, 0.5) is 4.39 Å². The van der Waals surface area contributed by atoms with Crippen LogP contribution >= 0.6 is 0 Å². The highest BCUT2D eigenvalue weighted by molar-refractivity contribution is 7.91. The molecule has 0 N–H and O–H groups in total. The van der Waals surface area contributed by atoms with E-state index in [0.717, 1.165) is 12.4 Å². The molecule has 0 aliphatic heterocycles. The molecule has 38 heavy (non-hydrogen) atoms. The molecule has 0 radical (unpaired) electrons. The lowest BCUT2D eigenvalue weighted by Crippen LogP contribution is -2.24. The molecule has 3 heterocycles. The summed E-state index contributed by atoms with van der Waals surface area (Å²) in [6.07, 6.45) is 2.00. The Labute approximate surface area is 219 Å². The van der Waals surface area contributed by atoms with E-state index in [4.69, 9.17) is 14.2 Å². The van der Waals surface area contributed by atoms with Crippen molar-refractivity contribution in [1.29, 1.82) is 0 Å². The molecule has 0 fully saturated rings. The molecule has 0 aliphatic rings. The predicted molar refractivity (Wildman–Crippen MR) is 137 cm³/mol. The fraction of sp³-hybridized carbons (Fsp3) is 0.320. The number of benzene rings is 1. The van der Waals surface area contributed by atoms with E-state index in [1.54, 1.807) is 47.9 Å². The molecule has 3 aromatic heterocycles. The van der Waals surface area contributed by atoms with Crippen molar-refractivity contribution in [3.63, 3.8) is 0 Å². The van der Waals surface area contributed by atoms with E-state index in [-0.39, 0.29) is 23.9 Å². The molecule has 1 atom stereocenters. The quantitative estimate of drug-likeness (QED) is 0.278. The fourth-order valence-electron chi connectivity index (χ4n) is 3.78. The summed E-state index contributed by atoms with van der Waals surface area (Å²) in [5.41, 5.74) is 0.827. The van der Waals surface area contributed by atoms with Crippen molar-refractivity contribution >= 4 is 9.84 Å². The third-order valence-corrected chi connectivity index (χ3v) is 7.74. The molecule has 0 spiro atoms. The maximum absolute atomic E-state index is 13.4. The molecule has 0 saturated heterocycles. The van der Waals surface area contributed by atoms with Gasteiger partial charge >= 0.3 is 0 Å². The number of ether oxygens (including phenoxy) is 3. The highest BCUT2D eigenvalue weighted by atomic mass is 32.2. The number of halogens is 1. The lowest BCUT2D eigenvalue weighted by atomic mass is 10.2. The number of aromatic nitrogens is 6. The number of pyridine rings is 1. The number of para-hydroxylation sites is 1. The Kier molecular flexibility index (Phi) is 8.15. The van der Waals surface area contributed by atoms with Crippen molar-refractivity contribution < 1.29 is 27.0 Å². The minimum absolute atomic E-state index is 0.000452. The van der Waals surface area contributed by atoms with Crippen molar-refractivity contribution in [2.24, 2.45) is 0 Å². The van der Waals surface area contributed by atoms with E-state index in [1.807, 2.05) is 6.92 Å². The summed E-state index contributed by atoms with van der Waals surface area (Å²) >= 11 is 0. The van der Waals surface area contributed by atoms with Crippen LogP contribution in [0.5, 0.6) is 17.4 Å². The van der Waals surface area contributed by atoms with Crippen LogP contribution in [0.15, 0.2) is 48.8 Å². The van der Waals surface area contributed by atoms with Gasteiger partial charge < -0.3 is 14.2 Å². The average molecular weight is 543 g/mol. The van der Waals surface area contributed by atoms with Gasteiger partial charge in [-0.25, -0.2) is 27.8 Å². The zero-order chi connectivity index (χ0) is 27.3. The first-order valence-corrected chi connectivity index (χ1v) is 13.4. The average Bonchev–Trinajstić information content (AvgIpc) is 3.32. The van der Waals surface area contributed by atoms with Crippen LogP contribution < -0.4 is 14.2 Å². The second-order valence-electron chi connectivity index (χ2n) is 8.22. The third kappa shape index (κ3) is 5.72. The molecule has 11 nitrogen and oxygen atoms in total. The molecular weight excluding hydrogens is 515 g/mol. The standard InChI is InChI=1S/C25H27FN6O5S/c1-5-37-23-11-6-8-18(29-23)25-31-30-22(32(25)24-19(35-3)9-7-10-20(24)36-4)15-38(33,34)16(2)12-21-27-13-17(26)14-28-21/h6-11,13-14,16H,5,12,15H2,1-4H3/t16-/m0/s1. The lowest BCUT2D eigenvalue weighted by molar-refractivity contribution is 0.327. The van der Waals surface area contributed by atoms with E-state index in [1.165, 1.54) is 14.2 Å². The molecule has 0 bridgehead atoms. The number of methoxy groups -OCH3 is 2. The maximum Gasteiger partial charge on any atom is 0.213 e. The first-order valence-electron chi connectivity index (χ1n) is 11.7. The molecule has 0 amide bonds. The summed E-state index contributed by atoms with van der Waals surface area (Å²) in [6, 6.07) is 10.4. The largest absolute Gasteiger partial charge is 0.494 e. The number of rotatable bonds is 11. The predicted octanol–water partition coefficient (Wildman–Crippen LogP) is 3.22. The van der Waals surface area contributed by atoms with Gasteiger partial charge in [-0.2, -0.15) is 0 Å². The fourth-order valence-corrected chi connectivity index (χ4v) is 5.02. The number of sulfone groups is 1. The van der Waals surface area contributed by atoms with Gasteiger partial charge in [0.25, 0.3) is 0 Å². The SMILES string of the molecule is CCOc1cccc(-c2nnc(CS(=O)(=O)[C@@H](C)Cc3ncc(F)cn3)n2-c2c(OC)cccc2OC)n1. The Morgan fingerprint density at radius 1 is 1.00 bits per heavy atom. The van der Waals surface area contributed by atoms with E-state index >= 15 is 0 Å². The minimum atomic E-state index is -3.80. The number of hydrogen-bond acceptors (Lipinski definition) is 10. The summed E-state index contributed by atoms with van der Waals surface area (Å²) in [4.78, 5) is 12.3. The normalized spacial score (nSPS) is 12.2. The Hall–Kier alpha value is -4.13. The topological polar surface area (TPSA) is 131 Å². The molecule has 4 rings (SSSR count). The first-order chi connectivity index (χ1) is 18.3. The zero-order valence-corrected chi connectivity index (χ0v) is 22.1.